The van der Waals surface area contributed by atoms with E-state index in [0.29, 0.717) is 12.6 Å². The van der Waals surface area contributed by atoms with Crippen molar-refractivity contribution in [2.24, 2.45) is 4.99 Å². The number of nitrogens with one attached hydrogen (secondary N) is 2. The molecule has 1 atom stereocenters. The molecule has 0 aliphatic carbocycles. The van der Waals surface area contributed by atoms with Gasteiger partial charge in [0, 0.05) is 12.1 Å². The molecule has 18 heavy (non-hydrogen) atoms. The van der Waals surface area contributed by atoms with Gasteiger partial charge in [0.2, 0.25) is 0 Å². The van der Waals surface area contributed by atoms with Crippen molar-refractivity contribution in [1.29, 1.82) is 0 Å². The van der Waals surface area contributed by atoms with Gasteiger partial charge in [-0.3, -0.25) is 4.99 Å². The highest BCUT2D eigenvalue weighted by Gasteiger charge is 2.11. The Balaban J connectivity index is 1.72. The van der Waals surface area contributed by atoms with Crippen LogP contribution in [0.1, 0.15) is 6.92 Å². The molecule has 0 spiro atoms. The summed E-state index contributed by atoms with van der Waals surface area (Å²) < 4.78 is 31.0. The zero-order chi connectivity index (χ0) is 13.0. The predicted molar refractivity (Wildman–Crippen MR) is 64.8 cm³/mol. The first kappa shape index (κ1) is 12.6. The Hall–Kier alpha value is -1.85. The van der Waals surface area contributed by atoms with Gasteiger partial charge in [0.15, 0.2) is 17.5 Å². The van der Waals surface area contributed by atoms with Gasteiger partial charge in [-0.25, -0.2) is 8.78 Å². The van der Waals surface area contributed by atoms with Crippen LogP contribution in [-0.4, -0.2) is 31.7 Å². The molecule has 1 aromatic rings. The third-order valence-electron chi connectivity index (χ3n) is 2.45. The second-order valence-corrected chi connectivity index (χ2v) is 4.08. The molecule has 98 valence electrons. The lowest BCUT2D eigenvalue weighted by molar-refractivity contribution is 0.304. The molecule has 4 nitrogen and oxygen atoms in total. The van der Waals surface area contributed by atoms with Gasteiger partial charge in [0.25, 0.3) is 0 Å². The van der Waals surface area contributed by atoms with Crippen molar-refractivity contribution in [3.8, 4) is 5.75 Å². The van der Waals surface area contributed by atoms with E-state index in [9.17, 15) is 8.78 Å². The fraction of sp³-hybridized carbons (Fsp3) is 0.417. The Morgan fingerprint density at radius 1 is 1.50 bits per heavy atom. The second-order valence-electron chi connectivity index (χ2n) is 4.08. The Labute approximate surface area is 104 Å². The minimum absolute atomic E-state index is 0.0490. The summed E-state index contributed by atoms with van der Waals surface area (Å²) in [7, 11) is 0. The standard InChI is InChI=1S/C12H15F2N3O/c1-8-7-16-12(17-8)15-4-5-18-11-3-2-9(13)6-10(11)14/h2-3,6,8H,4-5,7H2,1H3,(H2,15,16,17). The molecule has 0 bridgehead atoms. The van der Waals surface area contributed by atoms with Gasteiger partial charge in [-0.15, -0.1) is 0 Å². The van der Waals surface area contributed by atoms with Crippen LogP contribution in [0.4, 0.5) is 8.78 Å². The largest absolute Gasteiger partial charge is 0.489 e. The van der Waals surface area contributed by atoms with E-state index in [2.05, 4.69) is 15.6 Å². The molecule has 0 aromatic heterocycles. The molecule has 1 unspecified atom stereocenters. The van der Waals surface area contributed by atoms with Gasteiger partial charge in [-0.1, -0.05) is 0 Å². The van der Waals surface area contributed by atoms with Crippen molar-refractivity contribution in [1.82, 2.24) is 10.6 Å². The van der Waals surface area contributed by atoms with Crippen molar-refractivity contribution < 1.29 is 13.5 Å². The summed E-state index contributed by atoms with van der Waals surface area (Å²) in [4.78, 5) is 4.21. The monoisotopic (exact) mass is 255 g/mol. The zero-order valence-electron chi connectivity index (χ0n) is 10.0. The first-order valence-electron chi connectivity index (χ1n) is 5.78. The van der Waals surface area contributed by atoms with Crippen LogP contribution in [-0.2, 0) is 0 Å². The minimum Gasteiger partial charge on any atom is -0.489 e. The Morgan fingerprint density at radius 2 is 2.33 bits per heavy atom. The Morgan fingerprint density at radius 3 is 3.00 bits per heavy atom. The van der Waals surface area contributed by atoms with Crippen LogP contribution in [0.15, 0.2) is 23.2 Å². The average Bonchev–Trinajstić information content (AvgIpc) is 2.73. The molecule has 0 fully saturated rings. The Kier molecular flexibility index (Phi) is 3.96. The van der Waals surface area contributed by atoms with Gasteiger partial charge < -0.3 is 15.4 Å². The molecule has 6 heteroatoms. The van der Waals surface area contributed by atoms with E-state index in [4.69, 9.17) is 4.74 Å². The third kappa shape index (κ3) is 3.32. The van der Waals surface area contributed by atoms with Gasteiger partial charge in [0.1, 0.15) is 12.4 Å². The lowest BCUT2D eigenvalue weighted by Crippen LogP contribution is -2.39. The summed E-state index contributed by atoms with van der Waals surface area (Å²) >= 11 is 0. The van der Waals surface area contributed by atoms with Crippen LogP contribution in [0.2, 0.25) is 0 Å². The fourth-order valence-corrected chi connectivity index (χ4v) is 1.58. The van der Waals surface area contributed by atoms with Crippen molar-refractivity contribution in [2.45, 2.75) is 13.0 Å². The van der Waals surface area contributed by atoms with E-state index in [-0.39, 0.29) is 12.4 Å². The summed E-state index contributed by atoms with van der Waals surface area (Å²) in [6, 6.07) is 3.57. The van der Waals surface area contributed by atoms with Gasteiger partial charge in [0.05, 0.1) is 13.1 Å². The number of guanidine groups is 1. The van der Waals surface area contributed by atoms with Crippen LogP contribution in [0.25, 0.3) is 0 Å². The number of benzene rings is 1. The van der Waals surface area contributed by atoms with Crippen LogP contribution >= 0.6 is 0 Å². The molecule has 0 saturated carbocycles. The molecule has 0 amide bonds. The number of hydrogen-bond acceptors (Lipinski definition) is 4. The van der Waals surface area contributed by atoms with E-state index < -0.39 is 11.6 Å². The molecule has 1 aliphatic heterocycles. The second kappa shape index (κ2) is 5.66. The van der Waals surface area contributed by atoms with E-state index in [1.54, 1.807) is 0 Å². The summed E-state index contributed by atoms with van der Waals surface area (Å²) in [5.74, 6) is -0.532. The lowest BCUT2D eigenvalue weighted by Gasteiger charge is -2.10. The normalized spacial score (nSPS) is 18.2. The van der Waals surface area contributed by atoms with E-state index in [1.165, 1.54) is 6.07 Å². The van der Waals surface area contributed by atoms with Crippen LogP contribution in [0.5, 0.6) is 5.75 Å². The van der Waals surface area contributed by atoms with Crippen molar-refractivity contribution in [3.05, 3.63) is 29.8 Å². The first-order valence-corrected chi connectivity index (χ1v) is 5.78. The van der Waals surface area contributed by atoms with E-state index >= 15 is 0 Å². The quantitative estimate of drug-likeness (QED) is 0.797. The molecule has 1 heterocycles. The molecule has 1 aromatic carbocycles. The minimum atomic E-state index is -0.694. The number of rotatable bonds is 4. The maximum absolute atomic E-state index is 13.2. The Bertz CT molecular complexity index is 451. The number of nitrogens with zero attached hydrogens (tertiary/aromatic N) is 1. The summed E-state index contributed by atoms with van der Waals surface area (Å²) in [5, 5.41) is 6.16. The SMILES string of the molecule is CC1CN=C(NCCOc2ccc(F)cc2F)N1. The average molecular weight is 255 g/mol. The van der Waals surface area contributed by atoms with Crippen molar-refractivity contribution >= 4 is 5.96 Å². The third-order valence-corrected chi connectivity index (χ3v) is 2.45. The molecule has 1 aliphatic rings. The van der Waals surface area contributed by atoms with Gasteiger partial charge >= 0.3 is 0 Å². The highest BCUT2D eigenvalue weighted by atomic mass is 19.1. The molecular weight excluding hydrogens is 240 g/mol. The highest BCUT2D eigenvalue weighted by Crippen LogP contribution is 2.17. The predicted octanol–water partition coefficient (Wildman–Crippen LogP) is 1.28. The maximum atomic E-state index is 13.2. The van der Waals surface area contributed by atoms with Crippen molar-refractivity contribution in [2.75, 3.05) is 19.7 Å². The first-order chi connectivity index (χ1) is 8.65. The number of aliphatic imine (C=N–C) groups is 1. The molecular formula is C12H15F2N3O. The number of ether oxygens (including phenoxy) is 1. The molecule has 2 N–H and O–H groups in total. The molecule has 0 radical (unpaired) electrons. The van der Waals surface area contributed by atoms with Crippen LogP contribution in [0.3, 0.4) is 0 Å². The van der Waals surface area contributed by atoms with Gasteiger partial charge in [-0.05, 0) is 19.1 Å². The zero-order valence-corrected chi connectivity index (χ0v) is 10.0. The summed E-state index contributed by atoms with van der Waals surface area (Å²) in [5.41, 5.74) is 0. The van der Waals surface area contributed by atoms with E-state index in [1.807, 2.05) is 6.92 Å². The maximum Gasteiger partial charge on any atom is 0.191 e. The smallest absolute Gasteiger partial charge is 0.191 e. The van der Waals surface area contributed by atoms with Crippen LogP contribution < -0.4 is 15.4 Å². The highest BCUT2D eigenvalue weighted by molar-refractivity contribution is 5.81. The summed E-state index contributed by atoms with van der Waals surface area (Å²) in [6.07, 6.45) is 0. The molecule has 2 rings (SSSR count). The van der Waals surface area contributed by atoms with E-state index in [0.717, 1.165) is 24.6 Å². The number of halogens is 2. The fourth-order valence-electron chi connectivity index (χ4n) is 1.58. The topological polar surface area (TPSA) is 45.7 Å². The van der Waals surface area contributed by atoms with Gasteiger partial charge in [-0.2, -0.15) is 0 Å². The van der Waals surface area contributed by atoms with Crippen LogP contribution in [0, 0.1) is 11.6 Å². The molecule has 0 saturated heterocycles. The summed E-state index contributed by atoms with van der Waals surface area (Å²) in [6.45, 7) is 3.55. The van der Waals surface area contributed by atoms with Crippen molar-refractivity contribution in [3.63, 3.8) is 0 Å². The lowest BCUT2D eigenvalue weighted by atomic mass is 10.3. The number of hydrogen-bond donors (Lipinski definition) is 2.